The lowest BCUT2D eigenvalue weighted by Gasteiger charge is -2.42. The first-order valence-electron chi connectivity index (χ1n) is 29.8. The zero-order chi connectivity index (χ0) is 52.3. The lowest BCUT2D eigenvalue weighted by Crippen LogP contribution is -2.61. The molecule has 72 heavy (non-hydrogen) atoms. The molecule has 0 saturated carbocycles. The third-order valence-corrected chi connectivity index (χ3v) is 14.5. The Hall–Kier alpha value is -1.27. The summed E-state index contributed by atoms with van der Waals surface area (Å²) in [7, 11) is 0. The number of hydrogen-bond acceptors (Lipinski definition) is 14. The third kappa shape index (κ3) is 32.3. The van der Waals surface area contributed by atoms with Crippen molar-refractivity contribution >= 4 is 5.97 Å². The van der Waals surface area contributed by atoms with Crippen LogP contribution in [0.4, 0.5) is 0 Å². The van der Waals surface area contributed by atoms with Crippen molar-refractivity contribution in [2.75, 3.05) is 33.0 Å². The van der Waals surface area contributed by atoms with Gasteiger partial charge in [0.25, 0.3) is 0 Å². The molecule has 7 N–H and O–H groups in total. The van der Waals surface area contributed by atoms with Gasteiger partial charge in [0.05, 0.1) is 26.4 Å². The van der Waals surface area contributed by atoms with Gasteiger partial charge in [-0.25, -0.2) is 0 Å². The fourth-order valence-electron chi connectivity index (χ4n) is 9.69. The molecular weight excluding hydrogens is 921 g/mol. The standard InChI is InChI=1S/C58H110O14/c1-3-5-7-9-11-13-15-17-19-21-23-24-26-28-30-32-34-36-38-40-42-67-44-47(70-50(60)41-39-37-35-33-31-29-27-25-22-20-18-16-14-12-10-8-6-4-2)45-68-57-56(66)54(64)52(62)49(72-57)46-69-58-55(65)53(63)51(61)48(43-59)71-58/h17,19,47-49,51-59,61-66H,3-16,18,20-46H2,1-2H3/b19-17-. The SMILES string of the molecule is CCCCCCCC/C=C\CCCCCCCCCCCCOCC(COC1OC(COC2OC(CO)C(O)C(O)C2O)C(O)C(O)C1O)OC(=O)CCCCCCCCCCCCCCCCCCCC. The fraction of sp³-hybridized carbons (Fsp3) is 0.948. The molecule has 14 nitrogen and oxygen atoms in total. The Morgan fingerprint density at radius 2 is 0.819 bits per heavy atom. The minimum absolute atomic E-state index is 0.0669. The molecule has 2 rings (SSSR count). The summed E-state index contributed by atoms with van der Waals surface area (Å²) < 4.78 is 34.4. The number of esters is 1. The van der Waals surface area contributed by atoms with E-state index in [1.807, 2.05) is 0 Å². The summed E-state index contributed by atoms with van der Waals surface area (Å²) in [5.74, 6) is -0.370. The third-order valence-electron chi connectivity index (χ3n) is 14.5. The number of allylic oxidation sites excluding steroid dienone is 2. The Balaban J connectivity index is 1.70. The van der Waals surface area contributed by atoms with Crippen LogP contribution in [-0.4, -0.2) is 142 Å². The van der Waals surface area contributed by atoms with Gasteiger partial charge < -0.3 is 64.2 Å². The lowest BCUT2D eigenvalue weighted by molar-refractivity contribution is -0.332. The van der Waals surface area contributed by atoms with Gasteiger partial charge in [-0.05, 0) is 38.5 Å². The zero-order valence-corrected chi connectivity index (χ0v) is 45.7. The second kappa shape index (κ2) is 45.9. The van der Waals surface area contributed by atoms with E-state index < -0.39 is 80.7 Å². The maximum Gasteiger partial charge on any atom is 0.306 e. The van der Waals surface area contributed by atoms with E-state index in [9.17, 15) is 40.5 Å². The molecular formula is C58H110O14. The van der Waals surface area contributed by atoms with Gasteiger partial charge in [0.15, 0.2) is 12.6 Å². The van der Waals surface area contributed by atoms with E-state index in [-0.39, 0.29) is 25.6 Å². The molecule has 14 heteroatoms. The number of hydrogen-bond donors (Lipinski definition) is 7. The summed E-state index contributed by atoms with van der Waals surface area (Å²) in [6.45, 7) is 3.74. The van der Waals surface area contributed by atoms with Crippen LogP contribution in [0.3, 0.4) is 0 Å². The monoisotopic (exact) mass is 1030 g/mol. The van der Waals surface area contributed by atoms with Gasteiger partial charge in [-0.1, -0.05) is 219 Å². The molecule has 2 aliphatic rings. The minimum atomic E-state index is -1.70. The molecule has 0 spiro atoms. The molecule has 2 heterocycles. The van der Waals surface area contributed by atoms with Crippen LogP contribution in [0.25, 0.3) is 0 Å². The lowest BCUT2D eigenvalue weighted by atomic mass is 9.98. The second-order valence-corrected chi connectivity index (χ2v) is 21.2. The number of carbonyl (C=O) groups excluding carboxylic acids is 1. The first kappa shape index (κ1) is 66.8. The topological polar surface area (TPSA) is 214 Å². The fourth-order valence-corrected chi connectivity index (χ4v) is 9.69. The van der Waals surface area contributed by atoms with E-state index >= 15 is 0 Å². The molecule has 2 saturated heterocycles. The predicted molar refractivity (Wildman–Crippen MR) is 284 cm³/mol. The molecule has 0 aliphatic carbocycles. The van der Waals surface area contributed by atoms with Crippen LogP contribution in [0.15, 0.2) is 12.2 Å². The van der Waals surface area contributed by atoms with Gasteiger partial charge in [0.1, 0.15) is 54.9 Å². The zero-order valence-electron chi connectivity index (χ0n) is 45.7. The average molecular weight is 1030 g/mol. The van der Waals surface area contributed by atoms with Crippen LogP contribution >= 0.6 is 0 Å². The van der Waals surface area contributed by atoms with Crippen molar-refractivity contribution in [2.45, 2.75) is 319 Å². The molecule has 0 aromatic heterocycles. The molecule has 426 valence electrons. The summed E-state index contributed by atoms with van der Waals surface area (Å²) >= 11 is 0. The quantitative estimate of drug-likeness (QED) is 0.0172. The number of rotatable bonds is 49. The molecule has 2 fully saturated rings. The van der Waals surface area contributed by atoms with E-state index in [1.54, 1.807) is 0 Å². The van der Waals surface area contributed by atoms with Crippen molar-refractivity contribution in [1.29, 1.82) is 0 Å². The van der Waals surface area contributed by atoms with Crippen molar-refractivity contribution < 1.29 is 69.0 Å². The highest BCUT2D eigenvalue weighted by Gasteiger charge is 2.47. The summed E-state index contributed by atoms with van der Waals surface area (Å²) in [6, 6.07) is 0. The minimum Gasteiger partial charge on any atom is -0.457 e. The van der Waals surface area contributed by atoms with Crippen LogP contribution in [0, 0.1) is 0 Å². The van der Waals surface area contributed by atoms with Gasteiger partial charge in [0, 0.05) is 13.0 Å². The first-order chi connectivity index (χ1) is 35.1. The smallest absolute Gasteiger partial charge is 0.306 e. The van der Waals surface area contributed by atoms with E-state index in [1.165, 1.54) is 186 Å². The predicted octanol–water partition coefficient (Wildman–Crippen LogP) is 10.6. The van der Waals surface area contributed by atoms with Crippen molar-refractivity contribution in [1.82, 2.24) is 0 Å². The Labute approximate surface area is 437 Å². The van der Waals surface area contributed by atoms with E-state index in [0.717, 1.165) is 38.5 Å². The van der Waals surface area contributed by atoms with E-state index in [0.29, 0.717) is 13.0 Å². The molecule has 11 atom stereocenters. The molecule has 11 unspecified atom stereocenters. The molecule has 0 aromatic rings. The largest absolute Gasteiger partial charge is 0.457 e. The molecule has 0 amide bonds. The van der Waals surface area contributed by atoms with Crippen LogP contribution in [0.1, 0.15) is 251 Å². The van der Waals surface area contributed by atoms with Gasteiger partial charge in [-0.15, -0.1) is 0 Å². The summed E-state index contributed by atoms with van der Waals surface area (Å²) in [5.41, 5.74) is 0. The maximum atomic E-state index is 13.1. The Morgan fingerprint density at radius 3 is 1.26 bits per heavy atom. The van der Waals surface area contributed by atoms with Crippen molar-refractivity contribution in [2.24, 2.45) is 0 Å². The first-order valence-corrected chi connectivity index (χ1v) is 29.8. The van der Waals surface area contributed by atoms with Gasteiger partial charge in [-0.3, -0.25) is 4.79 Å². The molecule has 0 radical (unpaired) electrons. The number of aliphatic hydroxyl groups excluding tert-OH is 7. The van der Waals surface area contributed by atoms with Crippen LogP contribution in [0.5, 0.6) is 0 Å². The highest BCUT2D eigenvalue weighted by molar-refractivity contribution is 5.69. The Kier molecular flexibility index (Phi) is 42.6. The molecule has 0 aromatic carbocycles. The van der Waals surface area contributed by atoms with Crippen LogP contribution < -0.4 is 0 Å². The second-order valence-electron chi connectivity index (χ2n) is 21.2. The highest BCUT2D eigenvalue weighted by Crippen LogP contribution is 2.27. The Morgan fingerprint density at radius 1 is 0.444 bits per heavy atom. The van der Waals surface area contributed by atoms with Crippen molar-refractivity contribution in [3.63, 3.8) is 0 Å². The molecule has 2 aliphatic heterocycles. The van der Waals surface area contributed by atoms with Crippen molar-refractivity contribution in [3.05, 3.63) is 12.2 Å². The number of aliphatic hydroxyl groups is 7. The normalized spacial score (nSPS) is 25.1. The molecule has 0 bridgehead atoms. The van der Waals surface area contributed by atoms with Crippen molar-refractivity contribution in [3.8, 4) is 0 Å². The van der Waals surface area contributed by atoms with Gasteiger partial charge in [0.2, 0.25) is 0 Å². The van der Waals surface area contributed by atoms with E-state index in [2.05, 4.69) is 26.0 Å². The van der Waals surface area contributed by atoms with Gasteiger partial charge in [-0.2, -0.15) is 0 Å². The Bertz CT molecular complexity index is 1240. The van der Waals surface area contributed by atoms with Crippen LogP contribution in [-0.2, 0) is 33.2 Å². The number of carbonyl (C=O) groups is 1. The number of unbranched alkanes of at least 4 members (excludes halogenated alkanes) is 33. The van der Waals surface area contributed by atoms with Gasteiger partial charge >= 0.3 is 5.97 Å². The summed E-state index contributed by atoms with van der Waals surface area (Å²) in [4.78, 5) is 13.1. The summed E-state index contributed by atoms with van der Waals surface area (Å²) in [6.07, 6.45) is 34.1. The van der Waals surface area contributed by atoms with E-state index in [4.69, 9.17) is 28.4 Å². The van der Waals surface area contributed by atoms with Crippen LogP contribution in [0.2, 0.25) is 0 Å². The number of ether oxygens (including phenoxy) is 6. The maximum absolute atomic E-state index is 13.1. The highest BCUT2D eigenvalue weighted by atomic mass is 16.7. The summed E-state index contributed by atoms with van der Waals surface area (Å²) in [5, 5.41) is 72.3. The average Bonchev–Trinajstić information content (AvgIpc) is 3.38.